The molecule has 0 radical (unpaired) electrons. The van der Waals surface area contributed by atoms with Crippen molar-refractivity contribution in [3.8, 4) is 0 Å². The second-order valence-electron chi connectivity index (χ2n) is 1.74. The van der Waals surface area contributed by atoms with Gasteiger partial charge < -0.3 is 14.6 Å². The summed E-state index contributed by atoms with van der Waals surface area (Å²) in [5, 5.41) is 7.42. The minimum absolute atomic E-state index is 0.778. The van der Waals surface area contributed by atoms with Gasteiger partial charge in [-0.15, -0.1) is 0 Å². The molecule has 1 aliphatic heterocycles. The van der Waals surface area contributed by atoms with Crippen LogP contribution < -0.4 is 0 Å². The van der Waals surface area contributed by atoms with Crippen LogP contribution in [0.15, 0.2) is 0 Å². The van der Waals surface area contributed by atoms with Gasteiger partial charge >= 0.3 is 0 Å². The molecule has 0 aromatic rings. The van der Waals surface area contributed by atoms with Crippen LogP contribution in [0.4, 0.5) is 0 Å². The second kappa shape index (κ2) is 6.51. The fourth-order valence-electron chi connectivity index (χ4n) is 0.440. The van der Waals surface area contributed by atoms with Gasteiger partial charge in [0.1, 0.15) is 0 Å². The van der Waals surface area contributed by atoms with Gasteiger partial charge in [-0.1, -0.05) is 0 Å². The topological polar surface area (TPSA) is 55.8 Å². The zero-order valence-electron chi connectivity index (χ0n) is 6.00. The normalized spacial score (nSPS) is 16.9. The molecule has 0 amide bonds. The van der Waals surface area contributed by atoms with Crippen molar-refractivity contribution in [2.45, 2.75) is 6.92 Å². The number of hydrogen-bond acceptors (Lipinski definition) is 3. The van der Waals surface area contributed by atoms with Crippen molar-refractivity contribution in [2.24, 2.45) is 0 Å². The van der Waals surface area contributed by atoms with Crippen molar-refractivity contribution >= 4 is 5.97 Å². The molecular formula is C6H12O4. The van der Waals surface area contributed by atoms with Crippen LogP contribution in [-0.4, -0.2) is 37.5 Å². The Kier molecular flexibility index (Phi) is 6.11. The molecule has 10 heavy (non-hydrogen) atoms. The maximum Gasteiger partial charge on any atom is 0.300 e. The van der Waals surface area contributed by atoms with E-state index in [-0.39, 0.29) is 0 Å². The van der Waals surface area contributed by atoms with E-state index in [0.29, 0.717) is 0 Å². The van der Waals surface area contributed by atoms with Gasteiger partial charge in [0.25, 0.3) is 5.97 Å². The summed E-state index contributed by atoms with van der Waals surface area (Å²) in [4.78, 5) is 9.00. The number of carboxylic acids is 1. The Balaban J connectivity index is 0.000000180. The molecule has 1 fully saturated rings. The molecule has 60 valence electrons. The summed E-state index contributed by atoms with van der Waals surface area (Å²) < 4.78 is 9.89. The van der Waals surface area contributed by atoms with Crippen LogP contribution in [-0.2, 0) is 14.3 Å². The molecule has 0 aromatic carbocycles. The minimum atomic E-state index is -0.833. The standard InChI is InChI=1S/C4H8O2.C2H4O2/c1-2-6-4-3-5-1;1-2(3)4/h1-4H2;1H3,(H,3,4). The highest BCUT2D eigenvalue weighted by molar-refractivity contribution is 5.62. The number of ether oxygens (including phenoxy) is 2. The summed E-state index contributed by atoms with van der Waals surface area (Å²) in [6, 6.07) is 0. The Hall–Kier alpha value is -0.610. The lowest BCUT2D eigenvalue weighted by Gasteiger charge is -2.09. The molecule has 1 rings (SSSR count). The van der Waals surface area contributed by atoms with E-state index in [2.05, 4.69) is 0 Å². The van der Waals surface area contributed by atoms with Gasteiger partial charge in [-0.05, 0) is 0 Å². The van der Waals surface area contributed by atoms with Gasteiger partial charge in [-0.3, -0.25) is 4.79 Å². The Morgan fingerprint density at radius 1 is 1.20 bits per heavy atom. The summed E-state index contributed by atoms with van der Waals surface area (Å²) in [5.41, 5.74) is 0. The lowest BCUT2D eigenvalue weighted by molar-refractivity contribution is -0.134. The largest absolute Gasteiger partial charge is 0.481 e. The molecule has 1 N–H and O–H groups in total. The Morgan fingerprint density at radius 3 is 1.50 bits per heavy atom. The first-order chi connectivity index (χ1) is 4.73. The molecule has 0 bridgehead atoms. The van der Waals surface area contributed by atoms with E-state index in [0.717, 1.165) is 33.4 Å². The van der Waals surface area contributed by atoms with Crippen molar-refractivity contribution in [3.05, 3.63) is 0 Å². The average Bonchev–Trinajstić information content (AvgIpc) is 1.90. The van der Waals surface area contributed by atoms with Crippen molar-refractivity contribution in [1.29, 1.82) is 0 Å². The van der Waals surface area contributed by atoms with Gasteiger partial charge in [0.05, 0.1) is 26.4 Å². The van der Waals surface area contributed by atoms with Crippen LogP contribution in [0.25, 0.3) is 0 Å². The van der Waals surface area contributed by atoms with Gasteiger partial charge in [-0.25, -0.2) is 0 Å². The fraction of sp³-hybridized carbons (Fsp3) is 0.833. The second-order valence-corrected chi connectivity index (χ2v) is 1.74. The van der Waals surface area contributed by atoms with Gasteiger partial charge in [0.15, 0.2) is 0 Å². The molecule has 0 spiro atoms. The molecule has 4 heteroatoms. The predicted molar refractivity (Wildman–Crippen MR) is 34.9 cm³/mol. The minimum Gasteiger partial charge on any atom is -0.481 e. The highest BCUT2D eigenvalue weighted by atomic mass is 16.6. The van der Waals surface area contributed by atoms with E-state index in [4.69, 9.17) is 19.4 Å². The number of rotatable bonds is 0. The van der Waals surface area contributed by atoms with Gasteiger partial charge in [0, 0.05) is 6.92 Å². The zero-order chi connectivity index (χ0) is 7.82. The molecule has 0 unspecified atom stereocenters. The first-order valence-electron chi connectivity index (χ1n) is 3.08. The number of carboxylic acid groups (broad SMARTS) is 1. The summed E-state index contributed by atoms with van der Waals surface area (Å²) in [6.07, 6.45) is 0. The van der Waals surface area contributed by atoms with Crippen molar-refractivity contribution in [1.82, 2.24) is 0 Å². The summed E-state index contributed by atoms with van der Waals surface area (Å²) in [5.74, 6) is -0.833. The third-order valence-corrected chi connectivity index (χ3v) is 0.744. The predicted octanol–water partition coefficient (Wildman–Crippen LogP) is 0.124. The van der Waals surface area contributed by atoms with Crippen LogP contribution >= 0.6 is 0 Å². The number of aliphatic carboxylic acids is 1. The number of hydrogen-bond donors (Lipinski definition) is 1. The molecule has 1 saturated heterocycles. The van der Waals surface area contributed by atoms with E-state index in [1.54, 1.807) is 0 Å². The Labute approximate surface area is 59.7 Å². The average molecular weight is 148 g/mol. The van der Waals surface area contributed by atoms with Crippen LogP contribution in [0.3, 0.4) is 0 Å². The molecular weight excluding hydrogens is 136 g/mol. The quantitative estimate of drug-likeness (QED) is 0.530. The molecule has 0 atom stereocenters. The third-order valence-electron chi connectivity index (χ3n) is 0.744. The molecule has 0 saturated carbocycles. The highest BCUT2D eigenvalue weighted by Crippen LogP contribution is 1.85. The molecule has 1 heterocycles. The summed E-state index contributed by atoms with van der Waals surface area (Å²) >= 11 is 0. The van der Waals surface area contributed by atoms with Gasteiger partial charge in [-0.2, -0.15) is 0 Å². The van der Waals surface area contributed by atoms with E-state index < -0.39 is 5.97 Å². The van der Waals surface area contributed by atoms with Gasteiger partial charge in [0.2, 0.25) is 0 Å². The monoisotopic (exact) mass is 148 g/mol. The van der Waals surface area contributed by atoms with Crippen LogP contribution in [0, 0.1) is 0 Å². The van der Waals surface area contributed by atoms with Crippen molar-refractivity contribution in [2.75, 3.05) is 26.4 Å². The third kappa shape index (κ3) is 10.4. The van der Waals surface area contributed by atoms with Crippen molar-refractivity contribution < 1.29 is 19.4 Å². The smallest absolute Gasteiger partial charge is 0.300 e. The lowest BCUT2D eigenvalue weighted by atomic mass is 10.6. The van der Waals surface area contributed by atoms with E-state index in [1.165, 1.54) is 0 Å². The molecule has 4 nitrogen and oxygen atoms in total. The number of carbonyl (C=O) groups is 1. The molecule has 0 aromatic heterocycles. The SMILES string of the molecule is C1COCCO1.CC(=O)O. The van der Waals surface area contributed by atoms with Crippen LogP contribution in [0.2, 0.25) is 0 Å². The lowest BCUT2D eigenvalue weighted by Crippen LogP contribution is -2.16. The van der Waals surface area contributed by atoms with Crippen LogP contribution in [0.1, 0.15) is 6.92 Å². The zero-order valence-corrected chi connectivity index (χ0v) is 6.00. The molecule has 0 aliphatic carbocycles. The first-order valence-corrected chi connectivity index (χ1v) is 3.08. The summed E-state index contributed by atoms with van der Waals surface area (Å²) in [6.45, 7) is 4.19. The van der Waals surface area contributed by atoms with Crippen molar-refractivity contribution in [3.63, 3.8) is 0 Å². The van der Waals surface area contributed by atoms with E-state index in [9.17, 15) is 0 Å². The fourth-order valence-corrected chi connectivity index (χ4v) is 0.440. The van der Waals surface area contributed by atoms with Crippen LogP contribution in [0.5, 0.6) is 0 Å². The van der Waals surface area contributed by atoms with E-state index >= 15 is 0 Å². The highest BCUT2D eigenvalue weighted by Gasteiger charge is 1.94. The Bertz CT molecular complexity index is 72.2. The summed E-state index contributed by atoms with van der Waals surface area (Å²) in [7, 11) is 0. The molecule has 1 aliphatic rings. The Morgan fingerprint density at radius 2 is 1.40 bits per heavy atom. The maximum atomic E-state index is 9.00. The van der Waals surface area contributed by atoms with E-state index in [1.807, 2.05) is 0 Å². The maximum absolute atomic E-state index is 9.00. The first kappa shape index (κ1) is 9.39.